The lowest BCUT2D eigenvalue weighted by Gasteiger charge is -2.35. The third kappa shape index (κ3) is 7.44. The SMILES string of the molecule is CN=C(NCc1cccc(C(N)=O)c1)NCC(c1ccc(F)cc1)N1CCOCC1.I. The Balaban J connectivity index is 0.00000341. The van der Waals surface area contributed by atoms with Gasteiger partial charge in [0.1, 0.15) is 5.82 Å². The van der Waals surface area contributed by atoms with Gasteiger partial charge in [-0.3, -0.25) is 14.7 Å². The smallest absolute Gasteiger partial charge is 0.248 e. The van der Waals surface area contributed by atoms with E-state index in [1.54, 1.807) is 25.2 Å². The minimum Gasteiger partial charge on any atom is -0.379 e. The number of morpholine rings is 1. The van der Waals surface area contributed by atoms with E-state index in [0.29, 0.717) is 37.8 Å². The van der Waals surface area contributed by atoms with Crippen LogP contribution in [0.15, 0.2) is 53.5 Å². The van der Waals surface area contributed by atoms with Crippen molar-refractivity contribution in [2.45, 2.75) is 12.6 Å². The average Bonchev–Trinajstić information content (AvgIpc) is 2.78. The van der Waals surface area contributed by atoms with Crippen molar-refractivity contribution in [1.82, 2.24) is 15.5 Å². The van der Waals surface area contributed by atoms with Crippen LogP contribution >= 0.6 is 24.0 Å². The highest BCUT2D eigenvalue weighted by molar-refractivity contribution is 14.0. The van der Waals surface area contributed by atoms with Crippen LogP contribution in [0.1, 0.15) is 27.5 Å². The monoisotopic (exact) mass is 541 g/mol. The van der Waals surface area contributed by atoms with Gasteiger partial charge in [-0.1, -0.05) is 24.3 Å². The molecule has 7 nitrogen and oxygen atoms in total. The molecule has 31 heavy (non-hydrogen) atoms. The number of rotatable bonds is 7. The van der Waals surface area contributed by atoms with Crippen LogP contribution in [0, 0.1) is 5.82 Å². The molecule has 1 aliphatic heterocycles. The fourth-order valence-electron chi connectivity index (χ4n) is 3.47. The van der Waals surface area contributed by atoms with E-state index in [-0.39, 0.29) is 35.8 Å². The van der Waals surface area contributed by atoms with Crippen LogP contribution < -0.4 is 16.4 Å². The van der Waals surface area contributed by atoms with Crippen molar-refractivity contribution in [2.24, 2.45) is 10.7 Å². The van der Waals surface area contributed by atoms with Crippen LogP contribution in [0.3, 0.4) is 0 Å². The molecule has 1 amide bonds. The molecule has 0 bridgehead atoms. The number of guanidine groups is 1. The molecule has 1 fully saturated rings. The standard InChI is InChI=1S/C22H28FN5O2.HI/c1-25-22(26-14-16-3-2-4-18(13-16)21(24)29)27-15-20(28-9-11-30-12-10-28)17-5-7-19(23)8-6-17;/h2-8,13,20H,9-12,14-15H2,1H3,(H2,24,29)(H2,25,26,27);1H. The van der Waals surface area contributed by atoms with Crippen molar-refractivity contribution >= 4 is 35.8 Å². The molecule has 0 aromatic heterocycles. The Hall–Kier alpha value is -2.24. The van der Waals surface area contributed by atoms with Crippen molar-refractivity contribution in [3.05, 3.63) is 71.0 Å². The molecule has 1 unspecified atom stereocenters. The highest BCUT2D eigenvalue weighted by atomic mass is 127. The molecule has 0 saturated carbocycles. The summed E-state index contributed by atoms with van der Waals surface area (Å²) in [7, 11) is 1.71. The van der Waals surface area contributed by atoms with Gasteiger partial charge in [0.2, 0.25) is 5.91 Å². The highest BCUT2D eigenvalue weighted by Gasteiger charge is 2.23. The summed E-state index contributed by atoms with van der Waals surface area (Å²) in [5.74, 6) is -0.0602. The van der Waals surface area contributed by atoms with Crippen molar-refractivity contribution in [3.63, 3.8) is 0 Å². The Bertz CT molecular complexity index is 872. The maximum Gasteiger partial charge on any atom is 0.248 e. The van der Waals surface area contributed by atoms with E-state index < -0.39 is 5.91 Å². The molecule has 0 aliphatic carbocycles. The van der Waals surface area contributed by atoms with Crippen LogP contribution in [0.2, 0.25) is 0 Å². The molecule has 4 N–H and O–H groups in total. The number of aliphatic imine (C=N–C) groups is 1. The summed E-state index contributed by atoms with van der Waals surface area (Å²) >= 11 is 0. The summed E-state index contributed by atoms with van der Waals surface area (Å²) < 4.78 is 18.9. The lowest BCUT2D eigenvalue weighted by atomic mass is 10.0. The van der Waals surface area contributed by atoms with Gasteiger partial charge in [-0.15, -0.1) is 24.0 Å². The molecular formula is C22H29FIN5O2. The number of amides is 1. The van der Waals surface area contributed by atoms with Gasteiger partial charge in [0.15, 0.2) is 5.96 Å². The second-order valence-corrected chi connectivity index (χ2v) is 7.09. The second kappa shape index (κ2) is 12.6. The van der Waals surface area contributed by atoms with E-state index in [1.807, 2.05) is 18.2 Å². The van der Waals surface area contributed by atoms with E-state index in [0.717, 1.165) is 24.2 Å². The number of primary amides is 1. The Morgan fingerprint density at radius 2 is 1.90 bits per heavy atom. The first-order chi connectivity index (χ1) is 14.6. The number of nitrogens with two attached hydrogens (primary N) is 1. The van der Waals surface area contributed by atoms with Crippen molar-refractivity contribution in [1.29, 1.82) is 0 Å². The first kappa shape index (κ1) is 25.0. The van der Waals surface area contributed by atoms with E-state index in [2.05, 4.69) is 20.5 Å². The number of nitrogens with one attached hydrogen (secondary N) is 2. The second-order valence-electron chi connectivity index (χ2n) is 7.09. The van der Waals surface area contributed by atoms with Crippen LogP contribution in [0.25, 0.3) is 0 Å². The Morgan fingerprint density at radius 3 is 2.55 bits per heavy atom. The molecule has 168 valence electrons. The topological polar surface area (TPSA) is 92.0 Å². The van der Waals surface area contributed by atoms with Gasteiger partial charge >= 0.3 is 0 Å². The average molecular weight is 541 g/mol. The van der Waals surface area contributed by atoms with Gasteiger partial charge in [0.25, 0.3) is 0 Å². The molecule has 2 aromatic rings. The molecule has 1 saturated heterocycles. The van der Waals surface area contributed by atoms with Gasteiger partial charge in [-0.05, 0) is 35.4 Å². The highest BCUT2D eigenvalue weighted by Crippen LogP contribution is 2.21. The third-order valence-corrected chi connectivity index (χ3v) is 5.10. The van der Waals surface area contributed by atoms with Gasteiger partial charge in [-0.25, -0.2) is 4.39 Å². The summed E-state index contributed by atoms with van der Waals surface area (Å²) in [6.45, 7) is 4.10. The number of hydrogen-bond acceptors (Lipinski definition) is 4. The van der Waals surface area contributed by atoms with Crippen LogP contribution in [0.4, 0.5) is 4.39 Å². The van der Waals surface area contributed by atoms with Gasteiger partial charge < -0.3 is 21.1 Å². The minimum absolute atomic E-state index is 0. The summed E-state index contributed by atoms with van der Waals surface area (Å²) in [6.07, 6.45) is 0. The van der Waals surface area contributed by atoms with Gasteiger partial charge in [0.05, 0.1) is 19.3 Å². The number of halogens is 2. The summed E-state index contributed by atoms with van der Waals surface area (Å²) in [5, 5.41) is 6.61. The fourth-order valence-corrected chi connectivity index (χ4v) is 3.47. The van der Waals surface area contributed by atoms with Crippen molar-refractivity contribution in [2.75, 3.05) is 39.9 Å². The summed E-state index contributed by atoms with van der Waals surface area (Å²) in [6, 6.07) is 13.9. The van der Waals surface area contributed by atoms with Gasteiger partial charge in [0, 0.05) is 38.8 Å². The number of carbonyl (C=O) groups excluding carboxylic acids is 1. The zero-order chi connectivity index (χ0) is 21.3. The molecule has 3 rings (SSSR count). The Labute approximate surface area is 199 Å². The van der Waals surface area contributed by atoms with Crippen LogP contribution in [-0.4, -0.2) is 56.7 Å². The van der Waals surface area contributed by atoms with E-state index >= 15 is 0 Å². The largest absolute Gasteiger partial charge is 0.379 e. The maximum absolute atomic E-state index is 13.4. The summed E-state index contributed by atoms with van der Waals surface area (Å²) in [5.41, 5.74) is 7.79. The van der Waals surface area contributed by atoms with Gasteiger partial charge in [-0.2, -0.15) is 0 Å². The van der Waals surface area contributed by atoms with Crippen LogP contribution in [0.5, 0.6) is 0 Å². The minimum atomic E-state index is -0.452. The van der Waals surface area contributed by atoms with Crippen molar-refractivity contribution in [3.8, 4) is 0 Å². The van der Waals surface area contributed by atoms with E-state index in [9.17, 15) is 9.18 Å². The number of ether oxygens (including phenoxy) is 1. The first-order valence-corrected chi connectivity index (χ1v) is 9.97. The predicted molar refractivity (Wildman–Crippen MR) is 130 cm³/mol. The molecule has 1 heterocycles. The van der Waals surface area contributed by atoms with E-state index in [1.165, 1.54) is 12.1 Å². The van der Waals surface area contributed by atoms with Crippen LogP contribution in [-0.2, 0) is 11.3 Å². The zero-order valence-electron chi connectivity index (χ0n) is 17.5. The zero-order valence-corrected chi connectivity index (χ0v) is 19.8. The molecular weight excluding hydrogens is 512 g/mol. The number of nitrogens with zero attached hydrogens (tertiary/aromatic N) is 2. The maximum atomic E-state index is 13.4. The fraction of sp³-hybridized carbons (Fsp3) is 0.364. The molecule has 9 heteroatoms. The van der Waals surface area contributed by atoms with Crippen molar-refractivity contribution < 1.29 is 13.9 Å². The Kier molecular flexibility index (Phi) is 10.2. The molecule has 2 aromatic carbocycles. The summed E-state index contributed by atoms with van der Waals surface area (Å²) in [4.78, 5) is 18.0. The molecule has 1 aliphatic rings. The first-order valence-electron chi connectivity index (χ1n) is 9.97. The number of hydrogen-bond donors (Lipinski definition) is 3. The number of carbonyl (C=O) groups is 1. The molecule has 0 radical (unpaired) electrons. The van der Waals surface area contributed by atoms with E-state index in [4.69, 9.17) is 10.5 Å². The predicted octanol–water partition coefficient (Wildman–Crippen LogP) is 2.28. The molecule has 1 atom stereocenters. The molecule has 0 spiro atoms. The quantitative estimate of drug-likeness (QED) is 0.284. The number of benzene rings is 2. The lowest BCUT2D eigenvalue weighted by Crippen LogP contribution is -2.46. The lowest BCUT2D eigenvalue weighted by molar-refractivity contribution is 0.0170. The normalized spacial score (nSPS) is 15.6. The third-order valence-electron chi connectivity index (χ3n) is 5.10. The Morgan fingerprint density at radius 1 is 1.19 bits per heavy atom.